The van der Waals surface area contributed by atoms with Gasteiger partial charge >= 0.3 is 15.6 Å². The number of hydrogen-bond acceptors (Lipinski definition) is 8. The molecular weight excluding hydrogens is 596 g/mol. The largest absolute Gasteiger partial charge is 0.534 e. The molecule has 4 heterocycles. The first-order valence-electron chi connectivity index (χ1n) is 12.9. The zero-order chi connectivity index (χ0) is 30.2. The number of fused-ring (bicyclic) bond motifs is 2. The lowest BCUT2D eigenvalue weighted by Gasteiger charge is -2.29. The van der Waals surface area contributed by atoms with Gasteiger partial charge in [0.05, 0.1) is 30.8 Å². The van der Waals surface area contributed by atoms with Crippen molar-refractivity contribution in [1.82, 2.24) is 19.7 Å². The highest BCUT2D eigenvalue weighted by Gasteiger charge is 2.49. The minimum Gasteiger partial charge on any atom is -0.493 e. The van der Waals surface area contributed by atoms with Gasteiger partial charge in [-0.1, -0.05) is 26.5 Å². The van der Waals surface area contributed by atoms with Gasteiger partial charge in [0, 0.05) is 34.1 Å². The van der Waals surface area contributed by atoms with Crippen LogP contribution in [0.3, 0.4) is 0 Å². The van der Waals surface area contributed by atoms with Crippen LogP contribution in [-0.4, -0.2) is 46.7 Å². The topological polar surface area (TPSA) is 86.6 Å². The van der Waals surface area contributed by atoms with Gasteiger partial charge < -0.3 is 13.8 Å². The van der Waals surface area contributed by atoms with E-state index in [-0.39, 0.29) is 22.5 Å². The van der Waals surface area contributed by atoms with E-state index >= 15 is 0 Å². The molecule has 0 bridgehead atoms. The molecule has 0 spiro atoms. The van der Waals surface area contributed by atoms with Gasteiger partial charge in [0.2, 0.25) is 5.88 Å². The summed E-state index contributed by atoms with van der Waals surface area (Å²) in [5, 5.41) is 6.27. The Bertz CT molecular complexity index is 1780. The van der Waals surface area contributed by atoms with Crippen LogP contribution in [0.5, 0.6) is 11.6 Å². The summed E-state index contributed by atoms with van der Waals surface area (Å²) in [6, 6.07) is 7.09. The van der Waals surface area contributed by atoms with Crippen LogP contribution in [0.25, 0.3) is 32.6 Å². The minimum absolute atomic E-state index is 0.0350. The van der Waals surface area contributed by atoms with Crippen molar-refractivity contribution < 1.29 is 34.9 Å². The average Bonchev–Trinajstić information content (AvgIpc) is 3.60. The standard InChI is InChI=1S/C28H26F4N4O4S2/c1-4-6-12-39-23-14-18(29)7-8-20(23)24-25(22-15-19-16-35(17(3)5-2)10-11-36(19)34-22)33-27(21-9-13-41-26(21)24)40-42(37,38)28(30,31)32/h5,7-9,13-15H,2-4,6,10-12,16H2,1H3. The van der Waals surface area contributed by atoms with Crippen molar-refractivity contribution in [2.45, 2.75) is 38.4 Å². The van der Waals surface area contributed by atoms with E-state index in [1.54, 1.807) is 22.2 Å². The molecule has 0 fully saturated rings. The molecule has 3 aromatic heterocycles. The van der Waals surface area contributed by atoms with Crippen LogP contribution in [0.2, 0.25) is 0 Å². The van der Waals surface area contributed by atoms with Gasteiger partial charge in [-0.15, -0.1) is 11.3 Å². The third-order valence-corrected chi connectivity index (χ3v) is 8.57. The quantitative estimate of drug-likeness (QED) is 0.0626. The van der Waals surface area contributed by atoms with Gasteiger partial charge in [-0.3, -0.25) is 4.68 Å². The maximum atomic E-state index is 14.4. The molecule has 222 valence electrons. The molecule has 0 saturated carbocycles. The Morgan fingerprint density at radius 2 is 2.00 bits per heavy atom. The first-order chi connectivity index (χ1) is 19.9. The summed E-state index contributed by atoms with van der Waals surface area (Å²) >= 11 is 1.14. The van der Waals surface area contributed by atoms with E-state index in [0.29, 0.717) is 48.5 Å². The van der Waals surface area contributed by atoms with Crippen molar-refractivity contribution in [2.75, 3.05) is 13.2 Å². The number of allylic oxidation sites excluding steroid dienone is 1. The number of unbranched alkanes of at least 4 members (excludes halogenated alkanes) is 1. The van der Waals surface area contributed by atoms with Crippen molar-refractivity contribution in [3.05, 3.63) is 72.2 Å². The molecule has 5 rings (SSSR count). The number of aromatic nitrogens is 3. The highest BCUT2D eigenvalue weighted by Crippen LogP contribution is 2.46. The van der Waals surface area contributed by atoms with E-state index in [9.17, 15) is 26.0 Å². The summed E-state index contributed by atoms with van der Waals surface area (Å²) in [6.45, 7) is 11.5. The van der Waals surface area contributed by atoms with E-state index in [4.69, 9.17) is 4.74 Å². The minimum atomic E-state index is -6.03. The Kier molecular flexibility index (Phi) is 8.03. The van der Waals surface area contributed by atoms with Crippen molar-refractivity contribution in [3.63, 3.8) is 0 Å². The van der Waals surface area contributed by atoms with Crippen molar-refractivity contribution in [3.8, 4) is 34.1 Å². The molecule has 42 heavy (non-hydrogen) atoms. The Morgan fingerprint density at radius 3 is 2.71 bits per heavy atom. The fraction of sp³-hybridized carbons (Fsp3) is 0.286. The summed E-state index contributed by atoms with van der Waals surface area (Å²) in [7, 11) is -6.03. The number of pyridine rings is 1. The van der Waals surface area contributed by atoms with Crippen LogP contribution in [0.4, 0.5) is 17.6 Å². The Balaban J connectivity index is 1.74. The van der Waals surface area contributed by atoms with E-state index in [0.717, 1.165) is 29.1 Å². The molecule has 14 heteroatoms. The number of alkyl halides is 3. The fourth-order valence-corrected chi connectivity index (χ4v) is 5.93. The molecule has 1 aliphatic heterocycles. The van der Waals surface area contributed by atoms with E-state index in [1.807, 2.05) is 11.8 Å². The van der Waals surface area contributed by atoms with Crippen LogP contribution in [0.1, 0.15) is 25.5 Å². The molecular formula is C28H26F4N4O4S2. The number of nitrogens with zero attached hydrogens (tertiary/aromatic N) is 4. The smallest absolute Gasteiger partial charge is 0.493 e. The summed E-state index contributed by atoms with van der Waals surface area (Å²) in [5.41, 5.74) is -3.05. The fourth-order valence-electron chi connectivity index (χ4n) is 4.55. The summed E-state index contributed by atoms with van der Waals surface area (Å²) < 4.78 is 91.0. The second-order valence-electron chi connectivity index (χ2n) is 9.49. The highest BCUT2D eigenvalue weighted by atomic mass is 32.2. The summed E-state index contributed by atoms with van der Waals surface area (Å²) in [4.78, 5) is 6.32. The maximum absolute atomic E-state index is 14.4. The Morgan fingerprint density at radius 1 is 1.21 bits per heavy atom. The number of halogens is 4. The highest BCUT2D eigenvalue weighted by molar-refractivity contribution is 7.88. The van der Waals surface area contributed by atoms with Gasteiger partial charge in [0.1, 0.15) is 23.0 Å². The van der Waals surface area contributed by atoms with Gasteiger partial charge in [0.25, 0.3) is 0 Å². The molecule has 1 aromatic carbocycles. The predicted octanol–water partition coefficient (Wildman–Crippen LogP) is 6.89. The lowest BCUT2D eigenvalue weighted by Crippen LogP contribution is -2.32. The lowest BCUT2D eigenvalue weighted by molar-refractivity contribution is -0.0500. The average molecular weight is 623 g/mol. The van der Waals surface area contributed by atoms with Gasteiger partial charge in [-0.05, 0) is 42.1 Å². The second-order valence-corrected chi connectivity index (χ2v) is 11.9. The van der Waals surface area contributed by atoms with Crippen LogP contribution in [-0.2, 0) is 23.2 Å². The van der Waals surface area contributed by atoms with Crippen molar-refractivity contribution >= 4 is 31.5 Å². The predicted molar refractivity (Wildman–Crippen MR) is 152 cm³/mol. The van der Waals surface area contributed by atoms with Gasteiger partial charge in [-0.2, -0.15) is 26.7 Å². The SMILES string of the molecule is C=CC(=C)N1CCn2nc(-c3nc(OS(=O)(=O)C(F)(F)F)c4ccsc4c3-c3ccc(F)cc3OCCCC)cc2C1. The molecule has 8 nitrogen and oxygen atoms in total. The number of hydrogen-bond donors (Lipinski definition) is 0. The number of thiophene rings is 1. The van der Waals surface area contributed by atoms with Crippen LogP contribution in [0.15, 0.2) is 60.6 Å². The number of benzene rings is 1. The molecule has 0 unspecified atom stereocenters. The third-order valence-electron chi connectivity index (χ3n) is 6.70. The van der Waals surface area contributed by atoms with Crippen LogP contribution in [0, 0.1) is 5.82 Å². The van der Waals surface area contributed by atoms with Crippen LogP contribution < -0.4 is 8.92 Å². The van der Waals surface area contributed by atoms with Gasteiger partial charge in [0.15, 0.2) is 0 Å². The maximum Gasteiger partial charge on any atom is 0.534 e. The van der Waals surface area contributed by atoms with Crippen LogP contribution >= 0.6 is 11.3 Å². The number of rotatable bonds is 10. The molecule has 0 aliphatic carbocycles. The first kappa shape index (κ1) is 29.6. The van der Waals surface area contributed by atoms with Crippen molar-refractivity contribution in [2.24, 2.45) is 0 Å². The lowest BCUT2D eigenvalue weighted by atomic mass is 9.99. The number of ether oxygens (including phenoxy) is 1. The molecule has 1 aliphatic rings. The summed E-state index contributed by atoms with van der Waals surface area (Å²) in [6.07, 6.45) is 3.18. The van der Waals surface area contributed by atoms with Gasteiger partial charge in [-0.25, -0.2) is 9.37 Å². The molecule has 0 N–H and O–H groups in total. The monoisotopic (exact) mass is 622 g/mol. The third kappa shape index (κ3) is 5.60. The van der Waals surface area contributed by atoms with Crippen molar-refractivity contribution in [1.29, 1.82) is 0 Å². The summed E-state index contributed by atoms with van der Waals surface area (Å²) in [5.74, 6) is -1.08. The normalized spacial score (nSPS) is 13.7. The van der Waals surface area contributed by atoms with E-state index in [1.165, 1.54) is 24.3 Å². The molecule has 4 aromatic rings. The Labute approximate surface area is 243 Å². The molecule has 0 radical (unpaired) electrons. The molecule has 0 saturated heterocycles. The zero-order valence-corrected chi connectivity index (χ0v) is 24.1. The van der Waals surface area contributed by atoms with E-state index in [2.05, 4.69) is 27.4 Å². The van der Waals surface area contributed by atoms with E-state index < -0.39 is 27.3 Å². The molecule has 0 amide bonds. The molecule has 0 atom stereocenters. The second kappa shape index (κ2) is 11.4. The Hall–Kier alpha value is -3.91. The first-order valence-corrected chi connectivity index (χ1v) is 15.2. The zero-order valence-electron chi connectivity index (χ0n) is 22.4.